The van der Waals surface area contributed by atoms with Gasteiger partial charge in [-0.15, -0.1) is 0 Å². The lowest BCUT2D eigenvalue weighted by Gasteiger charge is -2.36. The number of nitrogens with zero attached hydrogens (tertiary/aromatic N) is 5. The Balaban J connectivity index is 1.28. The number of halogens is 1. The maximum Gasteiger partial charge on any atom is 0.266 e. The Morgan fingerprint density at radius 1 is 0.906 bits per heavy atom. The number of piperazine rings is 2. The van der Waals surface area contributed by atoms with Crippen LogP contribution >= 0.6 is 0 Å². The van der Waals surface area contributed by atoms with Crippen LogP contribution in [0, 0.1) is 17.1 Å². The Hall–Kier alpha value is -3.37. The minimum absolute atomic E-state index is 0.187. The van der Waals surface area contributed by atoms with Gasteiger partial charge in [-0.2, -0.15) is 5.26 Å². The Morgan fingerprint density at radius 3 is 2.19 bits per heavy atom. The van der Waals surface area contributed by atoms with Gasteiger partial charge in [-0.05, 0) is 29.8 Å². The average Bonchev–Trinajstić information content (AvgIpc) is 2.84. The number of hydrogen-bond acceptors (Lipinski definition) is 5. The van der Waals surface area contributed by atoms with Crippen LogP contribution in [0.15, 0.2) is 66.4 Å². The highest BCUT2D eigenvalue weighted by molar-refractivity contribution is 5.97. The molecule has 0 aliphatic carbocycles. The number of amides is 1. The number of carbonyl (C=O) groups is 1. The van der Waals surface area contributed by atoms with E-state index in [0.29, 0.717) is 26.2 Å². The van der Waals surface area contributed by atoms with Crippen LogP contribution in [0.1, 0.15) is 5.56 Å². The van der Waals surface area contributed by atoms with E-state index in [-0.39, 0.29) is 17.3 Å². The van der Waals surface area contributed by atoms with E-state index < -0.39 is 0 Å². The summed E-state index contributed by atoms with van der Waals surface area (Å²) in [5, 5.41) is 9.61. The molecule has 0 saturated carbocycles. The van der Waals surface area contributed by atoms with Crippen molar-refractivity contribution in [2.24, 2.45) is 0 Å². The van der Waals surface area contributed by atoms with Gasteiger partial charge in [0.15, 0.2) is 0 Å². The van der Waals surface area contributed by atoms with Gasteiger partial charge in [0.25, 0.3) is 5.91 Å². The lowest BCUT2D eigenvalue weighted by Crippen LogP contribution is -2.49. The lowest BCUT2D eigenvalue weighted by molar-refractivity contribution is -0.128. The van der Waals surface area contributed by atoms with Gasteiger partial charge < -0.3 is 14.7 Å². The second-order valence-electron chi connectivity index (χ2n) is 8.21. The topological polar surface area (TPSA) is 53.8 Å². The fourth-order valence-corrected chi connectivity index (χ4v) is 4.20. The zero-order chi connectivity index (χ0) is 22.3. The molecule has 2 aliphatic rings. The van der Waals surface area contributed by atoms with E-state index in [4.69, 9.17) is 0 Å². The molecule has 6 nitrogen and oxygen atoms in total. The maximum absolute atomic E-state index is 13.1. The summed E-state index contributed by atoms with van der Waals surface area (Å²) in [4.78, 5) is 21.3. The SMILES string of the molecule is N#C/C(=C/N1CCN(c2ccc(F)cc2)CC1)C(=O)N1CCN(Cc2ccccc2)CC1. The van der Waals surface area contributed by atoms with E-state index in [1.807, 2.05) is 23.1 Å². The van der Waals surface area contributed by atoms with Crippen molar-refractivity contribution in [2.45, 2.75) is 6.54 Å². The fourth-order valence-electron chi connectivity index (χ4n) is 4.20. The van der Waals surface area contributed by atoms with Crippen LogP contribution in [0.2, 0.25) is 0 Å². The van der Waals surface area contributed by atoms with Gasteiger partial charge in [0.1, 0.15) is 17.5 Å². The minimum atomic E-state index is -0.242. The molecule has 0 radical (unpaired) electrons. The zero-order valence-electron chi connectivity index (χ0n) is 18.2. The third-order valence-corrected chi connectivity index (χ3v) is 6.08. The molecule has 0 atom stereocenters. The van der Waals surface area contributed by atoms with Crippen LogP contribution in [-0.2, 0) is 11.3 Å². The van der Waals surface area contributed by atoms with Crippen molar-refractivity contribution in [1.29, 1.82) is 5.26 Å². The van der Waals surface area contributed by atoms with Gasteiger partial charge in [0.2, 0.25) is 0 Å². The third-order valence-electron chi connectivity index (χ3n) is 6.08. The number of carbonyl (C=O) groups excluding carboxylic acids is 1. The highest BCUT2D eigenvalue weighted by atomic mass is 19.1. The highest BCUT2D eigenvalue weighted by Crippen LogP contribution is 2.18. The predicted molar refractivity (Wildman–Crippen MR) is 122 cm³/mol. The number of nitriles is 1. The molecule has 2 heterocycles. The van der Waals surface area contributed by atoms with Crippen LogP contribution in [0.4, 0.5) is 10.1 Å². The normalized spacial score (nSPS) is 17.9. The Kier molecular flexibility index (Phi) is 7.03. The Labute approximate surface area is 188 Å². The van der Waals surface area contributed by atoms with E-state index in [2.05, 4.69) is 28.0 Å². The minimum Gasteiger partial charge on any atom is -0.373 e. The van der Waals surface area contributed by atoms with Crippen LogP contribution in [0.25, 0.3) is 0 Å². The van der Waals surface area contributed by atoms with Crippen molar-refractivity contribution in [3.63, 3.8) is 0 Å². The van der Waals surface area contributed by atoms with Gasteiger partial charge in [-0.25, -0.2) is 4.39 Å². The predicted octanol–water partition coefficient (Wildman–Crippen LogP) is 2.70. The number of hydrogen-bond donors (Lipinski definition) is 0. The van der Waals surface area contributed by atoms with Crippen LogP contribution in [-0.4, -0.2) is 73.0 Å². The largest absolute Gasteiger partial charge is 0.373 e. The molecule has 2 saturated heterocycles. The lowest BCUT2D eigenvalue weighted by atomic mass is 10.2. The van der Waals surface area contributed by atoms with Gasteiger partial charge in [-0.1, -0.05) is 30.3 Å². The molecule has 32 heavy (non-hydrogen) atoms. The first kappa shape index (κ1) is 21.8. The monoisotopic (exact) mass is 433 g/mol. The van der Waals surface area contributed by atoms with E-state index in [0.717, 1.165) is 38.4 Å². The molecule has 7 heteroatoms. The highest BCUT2D eigenvalue weighted by Gasteiger charge is 2.25. The summed E-state index contributed by atoms with van der Waals surface area (Å²) in [6, 6.07) is 18.9. The summed E-state index contributed by atoms with van der Waals surface area (Å²) in [7, 11) is 0. The van der Waals surface area contributed by atoms with Crippen molar-refractivity contribution in [1.82, 2.24) is 14.7 Å². The molecule has 0 unspecified atom stereocenters. The first-order chi connectivity index (χ1) is 15.6. The molecule has 0 bridgehead atoms. The van der Waals surface area contributed by atoms with Crippen LogP contribution < -0.4 is 4.90 Å². The Bertz CT molecular complexity index is 970. The molecular formula is C25H28FN5O. The van der Waals surface area contributed by atoms with E-state index in [1.165, 1.54) is 17.7 Å². The van der Waals surface area contributed by atoms with E-state index >= 15 is 0 Å². The molecule has 0 spiro atoms. The molecule has 166 valence electrons. The summed E-state index contributed by atoms with van der Waals surface area (Å²) in [6.45, 7) is 6.67. The van der Waals surface area contributed by atoms with Crippen molar-refractivity contribution in [2.75, 3.05) is 57.3 Å². The van der Waals surface area contributed by atoms with E-state index in [1.54, 1.807) is 23.2 Å². The third kappa shape index (κ3) is 5.45. The zero-order valence-corrected chi connectivity index (χ0v) is 18.2. The first-order valence-corrected chi connectivity index (χ1v) is 11.0. The fraction of sp³-hybridized carbons (Fsp3) is 0.360. The van der Waals surface area contributed by atoms with Crippen molar-refractivity contribution >= 4 is 11.6 Å². The second kappa shape index (κ2) is 10.3. The average molecular weight is 434 g/mol. The van der Waals surface area contributed by atoms with E-state index in [9.17, 15) is 14.4 Å². The standard InChI is InChI=1S/C25H28FN5O/c26-23-6-8-24(9-7-23)30-14-10-29(11-15-30)20-22(18-27)25(32)31-16-12-28(13-17-31)19-21-4-2-1-3-5-21/h1-9,20H,10-17,19H2/b22-20-. The van der Waals surface area contributed by atoms with Crippen molar-refractivity contribution < 1.29 is 9.18 Å². The van der Waals surface area contributed by atoms with Crippen LogP contribution in [0.3, 0.4) is 0 Å². The molecule has 0 N–H and O–H groups in total. The summed E-state index contributed by atoms with van der Waals surface area (Å²) in [5.41, 5.74) is 2.45. The number of rotatable bonds is 5. The molecule has 2 aromatic rings. The molecule has 2 aromatic carbocycles. The van der Waals surface area contributed by atoms with Gasteiger partial charge in [0.05, 0.1) is 0 Å². The van der Waals surface area contributed by atoms with Gasteiger partial charge in [0, 0.05) is 70.8 Å². The first-order valence-electron chi connectivity index (χ1n) is 11.0. The Morgan fingerprint density at radius 2 is 1.56 bits per heavy atom. The molecule has 2 aliphatic heterocycles. The van der Waals surface area contributed by atoms with Gasteiger partial charge >= 0.3 is 0 Å². The molecule has 2 fully saturated rings. The summed E-state index contributed by atoms with van der Waals surface area (Å²) in [6.07, 6.45) is 1.71. The molecule has 4 rings (SSSR count). The quantitative estimate of drug-likeness (QED) is 0.536. The van der Waals surface area contributed by atoms with Crippen molar-refractivity contribution in [3.8, 4) is 6.07 Å². The summed E-state index contributed by atoms with van der Waals surface area (Å²) >= 11 is 0. The van der Waals surface area contributed by atoms with Gasteiger partial charge in [-0.3, -0.25) is 9.69 Å². The van der Waals surface area contributed by atoms with Crippen LogP contribution in [0.5, 0.6) is 0 Å². The second-order valence-corrected chi connectivity index (χ2v) is 8.21. The molecule has 0 aromatic heterocycles. The molecule has 1 amide bonds. The summed E-state index contributed by atoms with van der Waals surface area (Å²) in [5.74, 6) is -0.429. The molecular weight excluding hydrogens is 405 g/mol. The van der Waals surface area contributed by atoms with Crippen molar-refractivity contribution in [3.05, 3.63) is 77.8 Å². The maximum atomic E-state index is 13.1. The number of anilines is 1. The number of benzene rings is 2. The smallest absolute Gasteiger partial charge is 0.266 e. The summed E-state index contributed by atoms with van der Waals surface area (Å²) < 4.78 is 13.1.